The molecular formula is C38H56N2O3. The fourth-order valence-electron chi connectivity index (χ4n) is 10.7. The van der Waals surface area contributed by atoms with Crippen LogP contribution in [0.4, 0.5) is 0 Å². The summed E-state index contributed by atoms with van der Waals surface area (Å²) in [6, 6.07) is 7.37. The number of rotatable bonds is 9. The Morgan fingerprint density at radius 2 is 1.91 bits per heavy atom. The van der Waals surface area contributed by atoms with Gasteiger partial charge >= 0.3 is 5.97 Å². The van der Waals surface area contributed by atoms with Gasteiger partial charge < -0.3 is 20.6 Å². The van der Waals surface area contributed by atoms with E-state index in [2.05, 4.69) is 51.7 Å². The number of allylic oxidation sites excluding steroid dienone is 1. The SMILES string of the molecule is CC(C)CCC[C@@H](C)[C@H]1CC[C@H]2[C@@H]3CC=C4C[C@@H](O)CC(OC(=O)[C@@H](N)Cc5c[nH]c6ccccc56)[C@]4(C)[C@H]3CC[C@]12C. The number of esters is 1. The molecular weight excluding hydrogens is 532 g/mol. The van der Waals surface area contributed by atoms with Gasteiger partial charge in [-0.15, -0.1) is 0 Å². The summed E-state index contributed by atoms with van der Waals surface area (Å²) < 4.78 is 6.39. The van der Waals surface area contributed by atoms with E-state index in [1.165, 1.54) is 50.5 Å². The summed E-state index contributed by atoms with van der Waals surface area (Å²) in [5.41, 5.74) is 10.1. The van der Waals surface area contributed by atoms with E-state index in [0.29, 0.717) is 36.5 Å². The van der Waals surface area contributed by atoms with Crippen molar-refractivity contribution < 1.29 is 14.6 Å². The van der Waals surface area contributed by atoms with Crippen molar-refractivity contribution in [3.63, 3.8) is 0 Å². The van der Waals surface area contributed by atoms with Gasteiger partial charge in [0.15, 0.2) is 0 Å². The Balaban J connectivity index is 1.18. The first kappa shape index (κ1) is 30.9. The summed E-state index contributed by atoms with van der Waals surface area (Å²) in [5.74, 6) is 3.88. The maximum absolute atomic E-state index is 13.6. The average molecular weight is 589 g/mol. The Morgan fingerprint density at radius 3 is 2.70 bits per heavy atom. The largest absolute Gasteiger partial charge is 0.460 e. The monoisotopic (exact) mass is 588 g/mol. The Morgan fingerprint density at radius 1 is 1.12 bits per heavy atom. The van der Waals surface area contributed by atoms with Crippen LogP contribution in [0.15, 0.2) is 42.1 Å². The van der Waals surface area contributed by atoms with Crippen LogP contribution >= 0.6 is 0 Å². The lowest BCUT2D eigenvalue weighted by Gasteiger charge is -2.60. The van der Waals surface area contributed by atoms with Gasteiger partial charge in [-0.05, 0) is 91.1 Å². The van der Waals surface area contributed by atoms with Crippen molar-refractivity contribution in [2.75, 3.05) is 0 Å². The number of para-hydroxylation sites is 1. The highest BCUT2D eigenvalue weighted by Crippen LogP contribution is 2.67. The highest BCUT2D eigenvalue weighted by atomic mass is 16.5. The fraction of sp³-hybridized carbons (Fsp3) is 0.711. The molecule has 10 atom stereocenters. The second-order valence-electron chi connectivity index (χ2n) is 15.8. The minimum absolute atomic E-state index is 0.236. The predicted octanol–water partition coefficient (Wildman–Crippen LogP) is 7.96. The maximum atomic E-state index is 13.6. The normalized spacial score (nSPS) is 36.9. The quantitative estimate of drug-likeness (QED) is 0.205. The molecule has 0 radical (unpaired) electrons. The molecule has 1 heterocycles. The fourth-order valence-corrected chi connectivity index (χ4v) is 10.7. The van der Waals surface area contributed by atoms with Gasteiger partial charge in [-0.3, -0.25) is 4.79 Å². The van der Waals surface area contributed by atoms with Crippen LogP contribution in [-0.4, -0.2) is 34.3 Å². The van der Waals surface area contributed by atoms with Crippen LogP contribution in [0.25, 0.3) is 10.9 Å². The zero-order valence-electron chi connectivity index (χ0n) is 27.3. The average Bonchev–Trinajstić information content (AvgIpc) is 3.54. The van der Waals surface area contributed by atoms with E-state index in [1.54, 1.807) is 0 Å². The van der Waals surface area contributed by atoms with Crippen molar-refractivity contribution in [3.8, 4) is 0 Å². The van der Waals surface area contributed by atoms with Crippen LogP contribution in [0.5, 0.6) is 0 Å². The van der Waals surface area contributed by atoms with E-state index in [-0.39, 0.29) is 17.5 Å². The number of carbonyl (C=O) groups is 1. The number of nitrogens with two attached hydrogens (primary N) is 1. The molecule has 4 N–H and O–H groups in total. The molecule has 5 nitrogen and oxygen atoms in total. The van der Waals surface area contributed by atoms with Gasteiger partial charge in [0.2, 0.25) is 0 Å². The number of hydrogen-bond acceptors (Lipinski definition) is 4. The van der Waals surface area contributed by atoms with E-state index in [1.807, 2.05) is 24.4 Å². The van der Waals surface area contributed by atoms with Crippen LogP contribution in [-0.2, 0) is 16.0 Å². The molecule has 6 rings (SSSR count). The number of aromatic nitrogens is 1. The Kier molecular flexibility index (Phi) is 8.63. The summed E-state index contributed by atoms with van der Waals surface area (Å²) >= 11 is 0. The second-order valence-corrected chi connectivity index (χ2v) is 15.8. The van der Waals surface area contributed by atoms with Crippen LogP contribution in [0.3, 0.4) is 0 Å². The molecule has 1 unspecified atom stereocenters. The highest BCUT2D eigenvalue weighted by Gasteiger charge is 2.61. The Hall–Kier alpha value is -2.11. The first-order valence-electron chi connectivity index (χ1n) is 17.4. The number of aromatic amines is 1. The number of nitrogens with one attached hydrogen (secondary N) is 1. The van der Waals surface area contributed by atoms with Gasteiger partial charge in [-0.2, -0.15) is 0 Å². The van der Waals surface area contributed by atoms with E-state index in [0.717, 1.165) is 46.6 Å². The maximum Gasteiger partial charge on any atom is 0.323 e. The van der Waals surface area contributed by atoms with Crippen molar-refractivity contribution >= 4 is 16.9 Å². The topological polar surface area (TPSA) is 88.3 Å². The van der Waals surface area contributed by atoms with Crippen LogP contribution in [0.2, 0.25) is 0 Å². The summed E-state index contributed by atoms with van der Waals surface area (Å²) in [6.45, 7) is 12.2. The molecule has 236 valence electrons. The molecule has 3 fully saturated rings. The summed E-state index contributed by atoms with van der Waals surface area (Å²) in [5, 5.41) is 12.0. The number of hydrogen-bond donors (Lipinski definition) is 3. The number of aliphatic hydroxyl groups excluding tert-OH is 1. The molecule has 3 saturated carbocycles. The van der Waals surface area contributed by atoms with Crippen molar-refractivity contribution in [1.29, 1.82) is 0 Å². The minimum atomic E-state index is -0.740. The molecule has 4 aliphatic rings. The number of carbonyl (C=O) groups excluding carboxylic acids is 1. The van der Waals surface area contributed by atoms with Gasteiger partial charge in [0.05, 0.1) is 6.10 Å². The molecule has 2 aromatic rings. The molecule has 1 aromatic carbocycles. The second kappa shape index (κ2) is 12.0. The summed E-state index contributed by atoms with van der Waals surface area (Å²) in [4.78, 5) is 16.9. The van der Waals surface area contributed by atoms with Gasteiger partial charge in [-0.25, -0.2) is 0 Å². The van der Waals surface area contributed by atoms with Crippen molar-refractivity contribution in [3.05, 3.63) is 47.7 Å². The van der Waals surface area contributed by atoms with Crippen molar-refractivity contribution in [2.24, 2.45) is 52.1 Å². The minimum Gasteiger partial charge on any atom is -0.460 e. The number of ether oxygens (including phenoxy) is 1. The Labute approximate surface area is 259 Å². The van der Waals surface area contributed by atoms with Crippen molar-refractivity contribution in [1.82, 2.24) is 4.98 Å². The molecule has 0 bridgehead atoms. The molecule has 0 aliphatic heterocycles. The van der Waals surface area contributed by atoms with Gasteiger partial charge in [0, 0.05) is 35.4 Å². The first-order chi connectivity index (χ1) is 20.5. The number of benzene rings is 1. The summed E-state index contributed by atoms with van der Waals surface area (Å²) in [6.07, 6.45) is 15.5. The third-order valence-corrected chi connectivity index (χ3v) is 13.0. The molecule has 0 saturated heterocycles. The number of fused-ring (bicyclic) bond motifs is 6. The van der Waals surface area contributed by atoms with Gasteiger partial charge in [0.25, 0.3) is 0 Å². The van der Waals surface area contributed by atoms with E-state index < -0.39 is 12.1 Å². The van der Waals surface area contributed by atoms with Crippen LogP contribution in [0, 0.1) is 46.3 Å². The molecule has 43 heavy (non-hydrogen) atoms. The summed E-state index contributed by atoms with van der Waals surface area (Å²) in [7, 11) is 0. The Bertz CT molecular complexity index is 1330. The first-order valence-corrected chi connectivity index (χ1v) is 17.4. The molecule has 1 aromatic heterocycles. The molecule has 4 aliphatic carbocycles. The van der Waals surface area contributed by atoms with Crippen LogP contribution in [0.1, 0.15) is 104 Å². The zero-order chi connectivity index (χ0) is 30.5. The lowest BCUT2D eigenvalue weighted by molar-refractivity contribution is -0.170. The number of aliphatic hydroxyl groups is 1. The highest BCUT2D eigenvalue weighted by molar-refractivity contribution is 5.84. The third kappa shape index (κ3) is 5.52. The standard InChI is InChI=1S/C38H56N2O3/c1-23(2)9-8-10-24(3)30-15-16-31-29-14-13-26-20-27(41)21-35(38(26,5)32(29)17-18-37(30,31)4)43-36(42)33(39)19-25-22-40-34-12-7-6-11-28(25)34/h6-7,11-13,22-24,27,29-33,35,40-41H,8-10,14-21,39H2,1-5H3/t24-,27-,29+,30-,31+,32+,33+,35?,37-,38+/m1/s1. The van der Waals surface area contributed by atoms with Gasteiger partial charge in [0.1, 0.15) is 12.1 Å². The smallest absolute Gasteiger partial charge is 0.323 e. The lowest BCUT2D eigenvalue weighted by atomic mass is 9.46. The number of H-pyrrole nitrogens is 1. The third-order valence-electron chi connectivity index (χ3n) is 13.0. The predicted molar refractivity (Wildman–Crippen MR) is 174 cm³/mol. The van der Waals surface area contributed by atoms with Gasteiger partial charge in [-0.1, -0.05) is 83.7 Å². The van der Waals surface area contributed by atoms with E-state index >= 15 is 0 Å². The van der Waals surface area contributed by atoms with E-state index in [9.17, 15) is 9.90 Å². The molecule has 0 amide bonds. The van der Waals surface area contributed by atoms with E-state index in [4.69, 9.17) is 10.5 Å². The van der Waals surface area contributed by atoms with Crippen molar-refractivity contribution in [2.45, 2.75) is 123 Å². The molecule has 0 spiro atoms. The van der Waals surface area contributed by atoms with Crippen LogP contribution < -0.4 is 5.73 Å². The lowest BCUT2D eigenvalue weighted by Crippen LogP contribution is -2.57. The molecule has 5 heteroatoms. The zero-order valence-corrected chi connectivity index (χ0v) is 27.3.